The van der Waals surface area contributed by atoms with Crippen LogP contribution in [0.4, 0.5) is 0 Å². The number of nitrogens with one attached hydrogen (secondary N) is 1. The first-order valence-electron chi connectivity index (χ1n) is 7.44. The Kier molecular flexibility index (Phi) is 5.33. The van der Waals surface area contributed by atoms with Crippen molar-refractivity contribution < 1.29 is 0 Å². The molecular weight excluding hydrogens is 256 g/mol. The number of hydrogen-bond acceptors (Lipinski definition) is 2. The van der Waals surface area contributed by atoms with Crippen LogP contribution >= 0.6 is 0 Å². The highest BCUT2D eigenvalue weighted by Gasteiger charge is 2.08. The van der Waals surface area contributed by atoms with Gasteiger partial charge in [-0.1, -0.05) is 49.7 Å². The molecule has 0 amide bonds. The zero-order valence-corrected chi connectivity index (χ0v) is 12.9. The van der Waals surface area contributed by atoms with Gasteiger partial charge in [0.05, 0.1) is 0 Å². The van der Waals surface area contributed by atoms with Crippen LogP contribution in [-0.4, -0.2) is 11.5 Å². The third kappa shape index (κ3) is 3.82. The van der Waals surface area contributed by atoms with Gasteiger partial charge in [-0.25, -0.2) is 0 Å². The molecule has 0 unspecified atom stereocenters. The van der Waals surface area contributed by atoms with Crippen molar-refractivity contribution in [2.24, 2.45) is 0 Å². The number of aromatic nitrogens is 1. The monoisotopic (exact) mass is 278 g/mol. The lowest BCUT2D eigenvalue weighted by molar-refractivity contribution is 0.989. The van der Waals surface area contributed by atoms with Crippen LogP contribution in [0.2, 0.25) is 0 Å². The third-order valence-electron chi connectivity index (χ3n) is 3.30. The summed E-state index contributed by atoms with van der Waals surface area (Å²) >= 11 is 0. The number of benzene rings is 1. The van der Waals surface area contributed by atoms with E-state index in [0.717, 1.165) is 12.1 Å². The van der Waals surface area contributed by atoms with Crippen LogP contribution in [0.5, 0.6) is 0 Å². The predicted molar refractivity (Wildman–Crippen MR) is 90.7 cm³/mol. The van der Waals surface area contributed by atoms with Crippen LogP contribution in [0, 0.1) is 6.92 Å². The third-order valence-corrected chi connectivity index (χ3v) is 3.30. The second-order valence-corrected chi connectivity index (χ2v) is 4.76. The topological polar surface area (TPSA) is 24.9 Å². The molecule has 0 radical (unpaired) electrons. The van der Waals surface area contributed by atoms with Crippen LogP contribution in [-0.2, 0) is 0 Å². The first-order chi connectivity index (χ1) is 10.3. The van der Waals surface area contributed by atoms with E-state index in [9.17, 15) is 0 Å². The number of aryl methyl sites for hydroxylation is 1. The van der Waals surface area contributed by atoms with E-state index in [0.29, 0.717) is 0 Å². The van der Waals surface area contributed by atoms with Crippen LogP contribution in [0.25, 0.3) is 11.1 Å². The van der Waals surface area contributed by atoms with Gasteiger partial charge >= 0.3 is 0 Å². The Bertz CT molecular complexity index is 622. The number of allylic oxidation sites excluding steroid dienone is 2. The van der Waals surface area contributed by atoms with Crippen molar-refractivity contribution in [1.29, 1.82) is 0 Å². The fourth-order valence-corrected chi connectivity index (χ4v) is 2.20. The van der Waals surface area contributed by atoms with E-state index in [4.69, 9.17) is 0 Å². The van der Waals surface area contributed by atoms with Gasteiger partial charge in [0.2, 0.25) is 0 Å². The van der Waals surface area contributed by atoms with Gasteiger partial charge in [-0.05, 0) is 35.8 Å². The molecule has 3 rings (SSSR count). The molecule has 108 valence electrons. The molecule has 0 saturated heterocycles. The quantitative estimate of drug-likeness (QED) is 0.878. The molecule has 0 fully saturated rings. The van der Waals surface area contributed by atoms with Gasteiger partial charge in [0.1, 0.15) is 0 Å². The number of nitrogens with zero attached hydrogens (tertiary/aromatic N) is 1. The maximum Gasteiger partial charge on any atom is 0.0401 e. The van der Waals surface area contributed by atoms with Gasteiger partial charge in [0, 0.05) is 30.7 Å². The SMILES string of the molecule is CC.Cc1ccc(C2=CC(c3cccnc3)=CNC2)cc1. The van der Waals surface area contributed by atoms with Crippen molar-refractivity contribution in [3.05, 3.63) is 77.8 Å². The summed E-state index contributed by atoms with van der Waals surface area (Å²) in [5.74, 6) is 0. The molecule has 0 saturated carbocycles. The summed E-state index contributed by atoms with van der Waals surface area (Å²) in [7, 11) is 0. The fourth-order valence-electron chi connectivity index (χ4n) is 2.20. The Morgan fingerprint density at radius 2 is 1.76 bits per heavy atom. The molecule has 2 aromatic rings. The van der Waals surface area contributed by atoms with Gasteiger partial charge < -0.3 is 5.32 Å². The van der Waals surface area contributed by atoms with Crippen LogP contribution in [0.15, 0.2) is 61.1 Å². The highest BCUT2D eigenvalue weighted by molar-refractivity contribution is 5.85. The lowest BCUT2D eigenvalue weighted by Crippen LogP contribution is -2.14. The highest BCUT2D eigenvalue weighted by Crippen LogP contribution is 2.24. The summed E-state index contributed by atoms with van der Waals surface area (Å²) in [6.07, 6.45) is 7.97. The van der Waals surface area contributed by atoms with Crippen molar-refractivity contribution in [3.63, 3.8) is 0 Å². The molecule has 1 aromatic heterocycles. The molecule has 1 aliphatic heterocycles. The molecule has 2 heterocycles. The average molecular weight is 278 g/mol. The number of dihydropyridines is 1. The number of rotatable bonds is 2. The first kappa shape index (κ1) is 15.0. The number of pyridine rings is 1. The molecular formula is C19H22N2. The lowest BCUT2D eigenvalue weighted by Gasteiger charge is -2.16. The maximum atomic E-state index is 4.17. The van der Waals surface area contributed by atoms with Crippen LogP contribution < -0.4 is 5.32 Å². The molecule has 0 aliphatic carbocycles. The van der Waals surface area contributed by atoms with E-state index in [2.05, 4.69) is 59.8 Å². The van der Waals surface area contributed by atoms with Gasteiger partial charge in [0.25, 0.3) is 0 Å². The minimum atomic E-state index is 0.868. The van der Waals surface area contributed by atoms with E-state index in [1.54, 1.807) is 6.20 Å². The second-order valence-electron chi connectivity index (χ2n) is 4.76. The molecule has 2 nitrogen and oxygen atoms in total. The zero-order valence-electron chi connectivity index (χ0n) is 12.9. The molecule has 0 bridgehead atoms. The summed E-state index contributed by atoms with van der Waals surface area (Å²) < 4.78 is 0. The van der Waals surface area contributed by atoms with Gasteiger partial charge in [-0.3, -0.25) is 4.98 Å². The lowest BCUT2D eigenvalue weighted by atomic mass is 9.97. The Morgan fingerprint density at radius 3 is 2.43 bits per heavy atom. The Labute approximate surface area is 127 Å². The molecule has 2 heteroatoms. The molecule has 1 N–H and O–H groups in total. The normalized spacial score (nSPS) is 13.3. The summed E-state index contributed by atoms with van der Waals surface area (Å²) in [5, 5.41) is 3.34. The minimum Gasteiger partial charge on any atom is -0.386 e. The maximum absolute atomic E-state index is 4.17. The van der Waals surface area contributed by atoms with Crippen molar-refractivity contribution in [2.75, 3.05) is 6.54 Å². The van der Waals surface area contributed by atoms with Crippen molar-refractivity contribution in [3.8, 4) is 0 Å². The Morgan fingerprint density at radius 1 is 1.00 bits per heavy atom. The smallest absolute Gasteiger partial charge is 0.0401 e. The van der Waals surface area contributed by atoms with Crippen molar-refractivity contribution >= 4 is 11.1 Å². The summed E-state index contributed by atoms with van der Waals surface area (Å²) in [6, 6.07) is 12.7. The molecule has 0 atom stereocenters. The standard InChI is InChI=1S/C17H16N2.C2H6/c1-13-4-6-14(7-5-13)16-9-17(12-19-11-16)15-3-2-8-18-10-15;1-2/h2-10,12,19H,11H2,1H3;1-2H3. The van der Waals surface area contributed by atoms with E-state index in [1.165, 1.54) is 22.3 Å². The number of hydrogen-bond donors (Lipinski definition) is 1. The molecule has 0 spiro atoms. The van der Waals surface area contributed by atoms with E-state index < -0.39 is 0 Å². The van der Waals surface area contributed by atoms with Crippen LogP contribution in [0.3, 0.4) is 0 Å². The summed E-state index contributed by atoms with van der Waals surface area (Å²) in [4.78, 5) is 4.17. The van der Waals surface area contributed by atoms with Gasteiger partial charge in [-0.2, -0.15) is 0 Å². The molecule has 1 aromatic carbocycles. The van der Waals surface area contributed by atoms with Crippen molar-refractivity contribution in [1.82, 2.24) is 10.3 Å². The van der Waals surface area contributed by atoms with E-state index >= 15 is 0 Å². The minimum absolute atomic E-state index is 0.868. The largest absolute Gasteiger partial charge is 0.386 e. The average Bonchev–Trinajstić information content (AvgIpc) is 2.58. The highest BCUT2D eigenvalue weighted by atomic mass is 14.8. The van der Waals surface area contributed by atoms with E-state index in [1.807, 2.05) is 26.1 Å². The van der Waals surface area contributed by atoms with Crippen molar-refractivity contribution in [2.45, 2.75) is 20.8 Å². The fraction of sp³-hybridized carbons (Fsp3) is 0.211. The van der Waals surface area contributed by atoms with E-state index in [-0.39, 0.29) is 0 Å². The summed E-state index contributed by atoms with van der Waals surface area (Å²) in [5.41, 5.74) is 6.18. The predicted octanol–water partition coefficient (Wildman–Crippen LogP) is 4.44. The van der Waals surface area contributed by atoms with Crippen LogP contribution in [0.1, 0.15) is 30.5 Å². The zero-order chi connectivity index (χ0) is 15.1. The molecule has 1 aliphatic rings. The first-order valence-corrected chi connectivity index (χ1v) is 7.44. The second kappa shape index (κ2) is 7.44. The molecule has 21 heavy (non-hydrogen) atoms. The Balaban J connectivity index is 0.000000774. The summed E-state index contributed by atoms with van der Waals surface area (Å²) in [6.45, 7) is 6.98. The Hall–Kier alpha value is -2.35. The van der Waals surface area contributed by atoms with Gasteiger partial charge in [-0.15, -0.1) is 0 Å². The van der Waals surface area contributed by atoms with Gasteiger partial charge in [0.15, 0.2) is 0 Å².